The van der Waals surface area contributed by atoms with Crippen molar-refractivity contribution in [3.8, 4) is 5.75 Å². The second-order valence-corrected chi connectivity index (χ2v) is 8.25. The number of anilines is 1. The van der Waals surface area contributed by atoms with Crippen molar-refractivity contribution in [3.63, 3.8) is 0 Å². The summed E-state index contributed by atoms with van der Waals surface area (Å²) in [4.78, 5) is 9.02. The lowest BCUT2D eigenvalue weighted by Crippen LogP contribution is -2.58. The molecule has 5 atom stereocenters. The zero-order valence-electron chi connectivity index (χ0n) is 17.3. The number of rotatable bonds is 6. The topological polar surface area (TPSA) is 138 Å². The van der Waals surface area contributed by atoms with Crippen LogP contribution in [0.25, 0.3) is 10.2 Å². The van der Waals surface area contributed by atoms with E-state index in [9.17, 15) is 15.3 Å². The number of benzene rings is 1. The predicted octanol–water partition coefficient (Wildman–Crippen LogP) is 0.525. The minimum atomic E-state index is -1.39. The number of guanidine groups is 1. The molecule has 1 aliphatic rings. The summed E-state index contributed by atoms with van der Waals surface area (Å²) in [5, 5.41) is 37.1. The van der Waals surface area contributed by atoms with Crippen molar-refractivity contribution in [1.82, 2.24) is 10.3 Å². The van der Waals surface area contributed by atoms with E-state index in [-0.39, 0.29) is 12.6 Å². The number of aliphatic hydroxyl groups is 3. The summed E-state index contributed by atoms with van der Waals surface area (Å²) in [6.07, 6.45) is -5.92. The molecule has 1 aromatic carbocycles. The van der Waals surface area contributed by atoms with Crippen molar-refractivity contribution in [2.24, 2.45) is 4.99 Å². The van der Waals surface area contributed by atoms with Crippen LogP contribution < -0.4 is 15.4 Å². The monoisotopic (exact) mass is 440 g/mol. The molecule has 0 amide bonds. The molecule has 10 nitrogen and oxygen atoms in total. The summed E-state index contributed by atoms with van der Waals surface area (Å²) in [5.74, 6) is 1.20. The fourth-order valence-electron chi connectivity index (χ4n) is 3.02. The Labute approximate surface area is 178 Å². The summed E-state index contributed by atoms with van der Waals surface area (Å²) in [6.45, 7) is 3.96. The Kier molecular flexibility index (Phi) is 7.45. The Balaban J connectivity index is 1.76. The minimum Gasteiger partial charge on any atom is -0.497 e. The highest BCUT2D eigenvalue weighted by Gasteiger charge is 2.43. The van der Waals surface area contributed by atoms with Crippen LogP contribution in [0.5, 0.6) is 5.75 Å². The molecule has 2 heterocycles. The van der Waals surface area contributed by atoms with Crippen molar-refractivity contribution in [1.29, 1.82) is 0 Å². The minimum absolute atomic E-state index is 0.0333. The number of ether oxygens (including phenoxy) is 3. The summed E-state index contributed by atoms with van der Waals surface area (Å²) in [6, 6.07) is 5.73. The Morgan fingerprint density at radius 1 is 1.23 bits per heavy atom. The molecule has 1 aliphatic heterocycles. The lowest BCUT2D eigenvalue weighted by molar-refractivity contribution is -0.287. The van der Waals surface area contributed by atoms with Gasteiger partial charge in [0, 0.05) is 13.2 Å². The lowest BCUT2D eigenvalue weighted by atomic mass is 9.99. The molecule has 1 saturated heterocycles. The molecule has 0 bridgehead atoms. The highest BCUT2D eigenvalue weighted by atomic mass is 32.1. The highest BCUT2D eigenvalue weighted by Crippen LogP contribution is 2.29. The van der Waals surface area contributed by atoms with Crippen LogP contribution in [0, 0.1) is 0 Å². The zero-order valence-corrected chi connectivity index (χ0v) is 18.1. The van der Waals surface area contributed by atoms with E-state index in [0.717, 1.165) is 16.0 Å². The molecule has 0 saturated carbocycles. The maximum absolute atomic E-state index is 10.2. The van der Waals surface area contributed by atoms with Gasteiger partial charge in [0.1, 0.15) is 30.2 Å². The van der Waals surface area contributed by atoms with Gasteiger partial charge in [-0.1, -0.05) is 11.3 Å². The summed E-state index contributed by atoms with van der Waals surface area (Å²) in [5.41, 5.74) is 0.832. The first-order valence-corrected chi connectivity index (χ1v) is 10.4. The molecular weight excluding hydrogens is 412 g/mol. The molecule has 2 aromatic rings. The van der Waals surface area contributed by atoms with Gasteiger partial charge in [-0.2, -0.15) is 0 Å². The van der Waals surface area contributed by atoms with E-state index in [1.165, 1.54) is 18.4 Å². The average Bonchev–Trinajstić information content (AvgIpc) is 3.12. The van der Waals surface area contributed by atoms with Crippen molar-refractivity contribution in [2.75, 3.05) is 26.1 Å². The van der Waals surface area contributed by atoms with E-state index in [0.29, 0.717) is 11.1 Å². The number of nitrogens with zero attached hydrogens (tertiary/aromatic N) is 2. The van der Waals surface area contributed by atoms with Crippen molar-refractivity contribution >= 4 is 32.6 Å². The van der Waals surface area contributed by atoms with Gasteiger partial charge >= 0.3 is 0 Å². The molecule has 0 unspecified atom stereocenters. The third-order valence-electron chi connectivity index (χ3n) is 4.58. The number of aliphatic hydroxyl groups excluding tert-OH is 3. The van der Waals surface area contributed by atoms with Gasteiger partial charge in [0.05, 0.1) is 23.9 Å². The molecule has 11 heteroatoms. The van der Waals surface area contributed by atoms with E-state index in [4.69, 9.17) is 14.2 Å². The second kappa shape index (κ2) is 9.86. The summed E-state index contributed by atoms with van der Waals surface area (Å²) < 4.78 is 16.8. The third kappa shape index (κ3) is 5.17. The molecule has 166 valence electrons. The molecule has 5 N–H and O–H groups in total. The SMILES string of the molecule is COc1ccc2nc(NC(=NC[C@H]3O[C@H](OC)[C@H](O)[C@@H](O)[C@@H]3O)NC(C)C)sc2c1. The normalized spacial score (nSPS) is 27.5. The summed E-state index contributed by atoms with van der Waals surface area (Å²) >= 11 is 1.45. The van der Waals surface area contributed by atoms with E-state index in [1.807, 2.05) is 32.0 Å². The molecular formula is C19H28N4O6S. The Morgan fingerprint density at radius 2 is 2.00 bits per heavy atom. The number of nitrogens with one attached hydrogen (secondary N) is 2. The van der Waals surface area contributed by atoms with Gasteiger partial charge in [0.25, 0.3) is 0 Å². The van der Waals surface area contributed by atoms with Crippen LogP contribution in [0.4, 0.5) is 5.13 Å². The van der Waals surface area contributed by atoms with Gasteiger partial charge in [-0.05, 0) is 32.0 Å². The molecule has 0 spiro atoms. The van der Waals surface area contributed by atoms with Crippen LogP contribution in [-0.4, -0.2) is 83.8 Å². The van der Waals surface area contributed by atoms with Gasteiger partial charge in [0.15, 0.2) is 17.4 Å². The average molecular weight is 441 g/mol. The third-order valence-corrected chi connectivity index (χ3v) is 5.51. The Bertz CT molecular complexity index is 874. The Hall–Kier alpha value is -2.02. The van der Waals surface area contributed by atoms with E-state index in [1.54, 1.807) is 7.11 Å². The molecule has 0 radical (unpaired) electrons. The second-order valence-electron chi connectivity index (χ2n) is 7.22. The molecule has 1 fully saturated rings. The highest BCUT2D eigenvalue weighted by molar-refractivity contribution is 7.22. The van der Waals surface area contributed by atoms with E-state index in [2.05, 4.69) is 20.6 Å². The number of hydrogen-bond acceptors (Lipinski definition) is 9. The lowest BCUT2D eigenvalue weighted by Gasteiger charge is -2.39. The molecule has 30 heavy (non-hydrogen) atoms. The van der Waals surface area contributed by atoms with E-state index >= 15 is 0 Å². The number of aromatic nitrogens is 1. The molecule has 0 aliphatic carbocycles. The maximum Gasteiger partial charge on any atom is 0.197 e. The van der Waals surface area contributed by atoms with Gasteiger partial charge in [-0.25, -0.2) is 4.98 Å². The van der Waals surface area contributed by atoms with Gasteiger partial charge in [-0.3, -0.25) is 4.99 Å². The van der Waals surface area contributed by atoms with Crippen molar-refractivity contribution in [2.45, 2.75) is 50.6 Å². The smallest absolute Gasteiger partial charge is 0.197 e. The van der Waals surface area contributed by atoms with Gasteiger partial charge < -0.3 is 40.2 Å². The largest absolute Gasteiger partial charge is 0.497 e. The Morgan fingerprint density at radius 3 is 2.67 bits per heavy atom. The van der Waals surface area contributed by atoms with Crippen LogP contribution in [-0.2, 0) is 9.47 Å². The quantitative estimate of drug-likeness (QED) is 0.322. The standard InChI is InChI=1S/C19H28N4O6S/c1-9(2)21-18(20-8-12-14(24)15(25)16(26)17(28-4)29-12)23-19-22-11-6-5-10(27-3)7-13(11)30-19/h5-7,9,12,14-17,24-26H,8H2,1-4H3,(H2,20,21,22,23)/t12-,14-,15+,16-,17+/m1/s1. The fourth-order valence-corrected chi connectivity index (χ4v) is 3.92. The first-order valence-electron chi connectivity index (χ1n) is 9.57. The van der Waals surface area contributed by atoms with E-state index < -0.39 is 30.7 Å². The first kappa shape index (κ1) is 22.7. The van der Waals surface area contributed by atoms with Crippen molar-refractivity contribution in [3.05, 3.63) is 18.2 Å². The fraction of sp³-hybridized carbons (Fsp3) is 0.579. The van der Waals surface area contributed by atoms with Crippen molar-refractivity contribution < 1.29 is 29.5 Å². The molecule has 1 aromatic heterocycles. The number of hydrogen-bond donors (Lipinski definition) is 5. The van der Waals surface area contributed by atoms with Crippen LogP contribution in [0.3, 0.4) is 0 Å². The maximum atomic E-state index is 10.2. The number of fused-ring (bicyclic) bond motifs is 1. The zero-order chi connectivity index (χ0) is 21.8. The predicted molar refractivity (Wildman–Crippen MR) is 114 cm³/mol. The van der Waals surface area contributed by atoms with Gasteiger partial charge in [-0.15, -0.1) is 0 Å². The van der Waals surface area contributed by atoms with Crippen LogP contribution in [0.15, 0.2) is 23.2 Å². The number of methoxy groups -OCH3 is 2. The number of thiazole rings is 1. The number of aliphatic imine (C=N–C) groups is 1. The summed E-state index contributed by atoms with van der Waals surface area (Å²) in [7, 11) is 2.97. The van der Waals surface area contributed by atoms with Crippen LogP contribution in [0.2, 0.25) is 0 Å². The van der Waals surface area contributed by atoms with Crippen LogP contribution in [0.1, 0.15) is 13.8 Å². The molecule has 3 rings (SSSR count). The van der Waals surface area contributed by atoms with Crippen LogP contribution >= 0.6 is 11.3 Å². The first-order chi connectivity index (χ1) is 14.3. The van der Waals surface area contributed by atoms with Gasteiger partial charge in [0.2, 0.25) is 0 Å².